The van der Waals surface area contributed by atoms with Gasteiger partial charge in [0.2, 0.25) is 0 Å². The molecule has 1 N–H and O–H groups in total. The lowest BCUT2D eigenvalue weighted by molar-refractivity contribution is 1.15. The van der Waals surface area contributed by atoms with Crippen molar-refractivity contribution in [2.75, 3.05) is 0 Å². The lowest BCUT2D eigenvalue weighted by Gasteiger charge is -2.02. The van der Waals surface area contributed by atoms with E-state index >= 15 is 0 Å². The van der Waals surface area contributed by atoms with Crippen LogP contribution >= 0.6 is 0 Å². The number of rotatable bonds is 5. The maximum Gasteiger partial charge on any atom is 0.155 e. The van der Waals surface area contributed by atoms with Crippen molar-refractivity contribution in [2.45, 2.75) is 6.42 Å². The first-order valence-corrected chi connectivity index (χ1v) is 8.37. The highest BCUT2D eigenvalue weighted by molar-refractivity contribution is 6.01. The molecule has 0 amide bonds. The highest BCUT2D eigenvalue weighted by Gasteiger charge is 2.10. The van der Waals surface area contributed by atoms with Gasteiger partial charge in [-0.25, -0.2) is 4.98 Å². The number of nitrogens with zero attached hydrogens (tertiary/aromatic N) is 4. The predicted octanol–water partition coefficient (Wildman–Crippen LogP) is 4.02. The Morgan fingerprint density at radius 3 is 2.62 bits per heavy atom. The first-order valence-electron chi connectivity index (χ1n) is 8.37. The number of H-pyrrole nitrogens is 1. The Morgan fingerprint density at radius 1 is 0.962 bits per heavy atom. The molecule has 5 heteroatoms. The van der Waals surface area contributed by atoms with E-state index in [1.165, 1.54) is 0 Å². The highest BCUT2D eigenvalue weighted by atomic mass is 15.2. The van der Waals surface area contributed by atoms with E-state index < -0.39 is 0 Å². The molecule has 0 radical (unpaired) electrons. The van der Waals surface area contributed by atoms with E-state index in [1.54, 1.807) is 18.6 Å². The Kier molecular flexibility index (Phi) is 4.60. The van der Waals surface area contributed by atoms with E-state index in [-0.39, 0.29) is 0 Å². The first kappa shape index (κ1) is 15.9. The summed E-state index contributed by atoms with van der Waals surface area (Å²) in [5, 5.41) is 8.69. The molecule has 0 bridgehead atoms. The van der Waals surface area contributed by atoms with Crippen molar-refractivity contribution in [2.24, 2.45) is 10.2 Å². The molecule has 0 spiro atoms. The molecule has 0 saturated heterocycles. The summed E-state index contributed by atoms with van der Waals surface area (Å²) in [4.78, 5) is 12.1. The molecule has 126 valence electrons. The Balaban J connectivity index is 1.68. The fourth-order valence-electron chi connectivity index (χ4n) is 2.66. The Labute approximate surface area is 151 Å². The summed E-state index contributed by atoms with van der Waals surface area (Å²) in [6.45, 7) is 0. The number of pyridine rings is 1. The highest BCUT2D eigenvalue weighted by Crippen LogP contribution is 2.13. The van der Waals surface area contributed by atoms with E-state index in [4.69, 9.17) is 0 Å². The fraction of sp³-hybridized carbons (Fsp3) is 0.0476. The van der Waals surface area contributed by atoms with Crippen molar-refractivity contribution in [1.29, 1.82) is 0 Å². The zero-order chi connectivity index (χ0) is 17.6. The molecule has 4 aromatic rings. The van der Waals surface area contributed by atoms with Gasteiger partial charge in [-0.1, -0.05) is 48.5 Å². The number of aromatic amines is 1. The van der Waals surface area contributed by atoms with Crippen LogP contribution in [0.3, 0.4) is 0 Å². The van der Waals surface area contributed by atoms with Crippen molar-refractivity contribution < 1.29 is 0 Å². The molecular weight excluding hydrogens is 322 g/mol. The quantitative estimate of drug-likeness (QED) is 0.441. The monoisotopic (exact) mass is 339 g/mol. The zero-order valence-electron chi connectivity index (χ0n) is 14.1. The van der Waals surface area contributed by atoms with Crippen LogP contribution in [0.1, 0.15) is 17.0 Å². The Morgan fingerprint density at radius 2 is 1.81 bits per heavy atom. The number of hydrogen-bond acceptors (Lipinski definition) is 4. The number of nitrogens with one attached hydrogen (secondary N) is 1. The molecule has 5 nitrogen and oxygen atoms in total. The summed E-state index contributed by atoms with van der Waals surface area (Å²) in [6.07, 6.45) is 5.82. The minimum absolute atomic E-state index is 0.644. The van der Waals surface area contributed by atoms with Gasteiger partial charge in [0.15, 0.2) is 5.82 Å². The maximum absolute atomic E-state index is 4.66. The lowest BCUT2D eigenvalue weighted by Crippen LogP contribution is -2.07. The largest absolute Gasteiger partial charge is 0.337 e. The summed E-state index contributed by atoms with van der Waals surface area (Å²) in [6, 6.07) is 21.9. The fourth-order valence-corrected chi connectivity index (χ4v) is 2.66. The van der Waals surface area contributed by atoms with Gasteiger partial charge in [-0.2, -0.15) is 10.2 Å². The molecular formula is C21H17N5. The molecule has 0 unspecified atom stereocenters. The molecule has 2 aromatic heterocycles. The molecule has 2 heterocycles. The van der Waals surface area contributed by atoms with Crippen LogP contribution in [0.25, 0.3) is 11.0 Å². The van der Waals surface area contributed by atoms with Gasteiger partial charge in [0.1, 0.15) is 5.71 Å². The van der Waals surface area contributed by atoms with Gasteiger partial charge < -0.3 is 4.98 Å². The van der Waals surface area contributed by atoms with Crippen molar-refractivity contribution in [3.05, 3.63) is 96.1 Å². The average Bonchev–Trinajstić information content (AvgIpc) is 3.13. The van der Waals surface area contributed by atoms with E-state index in [1.807, 2.05) is 54.6 Å². The second-order valence-corrected chi connectivity index (χ2v) is 5.84. The summed E-state index contributed by atoms with van der Waals surface area (Å²) < 4.78 is 0. The maximum atomic E-state index is 4.66. The smallest absolute Gasteiger partial charge is 0.155 e. The van der Waals surface area contributed by atoms with Crippen LogP contribution in [0.5, 0.6) is 0 Å². The van der Waals surface area contributed by atoms with E-state index in [0.29, 0.717) is 6.42 Å². The third kappa shape index (κ3) is 3.72. The molecule has 2 aromatic carbocycles. The number of para-hydroxylation sites is 2. The number of fused-ring (bicyclic) bond motifs is 1. The van der Waals surface area contributed by atoms with Crippen molar-refractivity contribution in [1.82, 2.24) is 15.0 Å². The standard InChI is InChI=1S/C21H17N5/c1-2-7-16(8-3-1)13-20(26-23-15-17-9-6-12-22-14-17)21-24-18-10-4-5-11-19(18)25-21/h1-12,14-15H,13H2,(H,24,25). The molecule has 0 atom stereocenters. The lowest BCUT2D eigenvalue weighted by atomic mass is 10.1. The molecule has 0 aliphatic heterocycles. The summed E-state index contributed by atoms with van der Waals surface area (Å²) >= 11 is 0. The van der Waals surface area contributed by atoms with Crippen LogP contribution < -0.4 is 0 Å². The Hall–Kier alpha value is -3.60. The topological polar surface area (TPSA) is 66.3 Å². The first-order chi connectivity index (χ1) is 12.9. The van der Waals surface area contributed by atoms with Crippen LogP contribution in [0, 0.1) is 0 Å². The van der Waals surface area contributed by atoms with E-state index in [0.717, 1.165) is 33.7 Å². The van der Waals surface area contributed by atoms with Gasteiger partial charge >= 0.3 is 0 Å². The molecule has 0 aliphatic carbocycles. The normalized spacial score (nSPS) is 12.1. The zero-order valence-corrected chi connectivity index (χ0v) is 14.1. The Bertz CT molecular complexity index is 1020. The SMILES string of the molecule is C(=NN=C(Cc1ccccc1)c1nc2ccccc2[nH]1)c1cccnc1. The minimum atomic E-state index is 0.644. The van der Waals surface area contributed by atoms with E-state index in [2.05, 4.69) is 37.3 Å². The van der Waals surface area contributed by atoms with Gasteiger partial charge in [0.05, 0.1) is 17.2 Å². The predicted molar refractivity (Wildman–Crippen MR) is 105 cm³/mol. The second-order valence-electron chi connectivity index (χ2n) is 5.84. The van der Waals surface area contributed by atoms with Crippen LogP contribution in [-0.4, -0.2) is 26.9 Å². The van der Waals surface area contributed by atoms with Crippen molar-refractivity contribution in [3.63, 3.8) is 0 Å². The summed E-state index contributed by atoms with van der Waals surface area (Å²) in [5.41, 5.74) is 4.75. The summed E-state index contributed by atoms with van der Waals surface area (Å²) in [7, 11) is 0. The number of hydrogen-bond donors (Lipinski definition) is 1. The average molecular weight is 339 g/mol. The summed E-state index contributed by atoms with van der Waals surface area (Å²) in [5.74, 6) is 0.735. The van der Waals surface area contributed by atoms with Crippen LogP contribution in [-0.2, 0) is 6.42 Å². The number of aromatic nitrogens is 3. The van der Waals surface area contributed by atoms with Gasteiger partial charge in [0, 0.05) is 24.4 Å². The van der Waals surface area contributed by atoms with Gasteiger partial charge in [-0.05, 0) is 23.8 Å². The molecule has 26 heavy (non-hydrogen) atoms. The van der Waals surface area contributed by atoms with Gasteiger partial charge in [-0.3, -0.25) is 4.98 Å². The molecule has 0 saturated carbocycles. The second kappa shape index (κ2) is 7.53. The van der Waals surface area contributed by atoms with Gasteiger partial charge in [-0.15, -0.1) is 0 Å². The van der Waals surface area contributed by atoms with Crippen LogP contribution in [0.4, 0.5) is 0 Å². The number of imidazole rings is 1. The van der Waals surface area contributed by atoms with Crippen molar-refractivity contribution in [3.8, 4) is 0 Å². The van der Waals surface area contributed by atoms with E-state index in [9.17, 15) is 0 Å². The molecule has 4 rings (SSSR count). The number of benzene rings is 2. The van der Waals surface area contributed by atoms with Crippen LogP contribution in [0.2, 0.25) is 0 Å². The minimum Gasteiger partial charge on any atom is -0.337 e. The van der Waals surface area contributed by atoms with Gasteiger partial charge in [0.25, 0.3) is 0 Å². The third-order valence-corrected chi connectivity index (χ3v) is 3.95. The molecule has 0 aliphatic rings. The third-order valence-electron chi connectivity index (χ3n) is 3.95. The molecule has 0 fully saturated rings. The van der Waals surface area contributed by atoms with Crippen molar-refractivity contribution >= 4 is 23.0 Å². The van der Waals surface area contributed by atoms with Crippen LogP contribution in [0.15, 0.2) is 89.3 Å².